The Labute approximate surface area is 217 Å². The molecule has 0 saturated heterocycles. The number of halogens is 1. The molecule has 9 heteroatoms. The monoisotopic (exact) mass is 518 g/mol. The Morgan fingerprint density at radius 3 is 2.50 bits per heavy atom. The molecule has 0 amide bonds. The predicted octanol–water partition coefficient (Wildman–Crippen LogP) is 4.17. The molecule has 0 aromatic rings. The van der Waals surface area contributed by atoms with E-state index in [1.165, 1.54) is 6.92 Å². The highest BCUT2D eigenvalue weighted by molar-refractivity contribution is 6.49. The molecule has 0 saturated carbocycles. The van der Waals surface area contributed by atoms with Gasteiger partial charge in [-0.1, -0.05) is 49.6 Å². The summed E-state index contributed by atoms with van der Waals surface area (Å²) >= 11 is 6.41. The molecule has 0 fully saturated rings. The maximum Gasteiger partial charge on any atom is 0.320 e. The van der Waals surface area contributed by atoms with Crippen molar-refractivity contribution in [3.8, 4) is 0 Å². The second-order valence-corrected chi connectivity index (χ2v) is 9.77. The van der Waals surface area contributed by atoms with Gasteiger partial charge < -0.3 is 20.5 Å². The van der Waals surface area contributed by atoms with E-state index in [2.05, 4.69) is 19.9 Å². The minimum absolute atomic E-state index is 0.172. The molecule has 0 spiro atoms. The van der Waals surface area contributed by atoms with Crippen molar-refractivity contribution in [2.75, 3.05) is 6.54 Å². The van der Waals surface area contributed by atoms with Crippen LogP contribution in [0.5, 0.6) is 0 Å². The van der Waals surface area contributed by atoms with Crippen molar-refractivity contribution in [1.82, 2.24) is 4.90 Å². The van der Waals surface area contributed by atoms with Crippen LogP contribution in [0.2, 0.25) is 0 Å². The van der Waals surface area contributed by atoms with Crippen LogP contribution in [0.25, 0.3) is 0 Å². The predicted molar refractivity (Wildman–Crippen MR) is 138 cm³/mol. The van der Waals surface area contributed by atoms with E-state index in [9.17, 15) is 19.2 Å². The Hall–Kier alpha value is -2.97. The van der Waals surface area contributed by atoms with Gasteiger partial charge in [-0.3, -0.25) is 19.2 Å². The van der Waals surface area contributed by atoms with E-state index in [4.69, 9.17) is 27.2 Å². The number of ether oxygens (including phenoxy) is 1. The lowest BCUT2D eigenvalue weighted by Gasteiger charge is -2.35. The zero-order valence-corrected chi connectivity index (χ0v) is 22.2. The number of nitrogens with zero attached hydrogens (tertiary/aromatic N) is 1. The van der Waals surface area contributed by atoms with Crippen molar-refractivity contribution in [2.24, 2.45) is 11.7 Å². The number of unbranched alkanes of at least 4 members (excludes halogenated alkanes) is 1. The second-order valence-electron chi connectivity index (χ2n) is 9.39. The van der Waals surface area contributed by atoms with Gasteiger partial charge in [-0.2, -0.15) is 0 Å². The van der Waals surface area contributed by atoms with E-state index in [0.29, 0.717) is 37.4 Å². The van der Waals surface area contributed by atoms with Gasteiger partial charge in [0.05, 0.1) is 5.03 Å². The van der Waals surface area contributed by atoms with E-state index in [1.54, 1.807) is 12.3 Å². The molecule has 1 aliphatic heterocycles. The summed E-state index contributed by atoms with van der Waals surface area (Å²) in [6.45, 7) is 9.08. The van der Waals surface area contributed by atoms with Crippen molar-refractivity contribution in [3.05, 3.63) is 58.0 Å². The second kappa shape index (κ2) is 12.3. The number of carboxylic acids is 1. The molecule has 1 aliphatic carbocycles. The third-order valence-corrected chi connectivity index (χ3v) is 6.66. The summed E-state index contributed by atoms with van der Waals surface area (Å²) in [6.07, 6.45) is 11.8. The number of carbonyl (C=O) groups is 4. The summed E-state index contributed by atoms with van der Waals surface area (Å²) < 4.78 is 5.13. The fraction of sp³-hybridized carbons (Fsp3) is 0.481. The number of ketones is 2. The number of nitrogens with two attached hydrogens (primary N) is 1. The third-order valence-electron chi connectivity index (χ3n) is 6.28. The first-order valence-corrected chi connectivity index (χ1v) is 12.4. The number of rotatable bonds is 11. The van der Waals surface area contributed by atoms with E-state index in [-0.39, 0.29) is 16.2 Å². The van der Waals surface area contributed by atoms with Gasteiger partial charge in [0.1, 0.15) is 6.04 Å². The molecule has 3 atom stereocenters. The summed E-state index contributed by atoms with van der Waals surface area (Å²) in [5.41, 5.74) is 5.80. The summed E-state index contributed by atoms with van der Waals surface area (Å²) in [7, 11) is 0. The van der Waals surface area contributed by atoms with Crippen LogP contribution in [0.3, 0.4) is 0 Å². The molecule has 36 heavy (non-hydrogen) atoms. The van der Waals surface area contributed by atoms with Crippen molar-refractivity contribution >= 4 is 35.1 Å². The highest BCUT2D eigenvalue weighted by atomic mass is 35.5. The molecular formula is C27H35ClN2O6. The number of hydrogen-bond donors (Lipinski definition) is 2. The minimum Gasteiger partial charge on any atom is -0.480 e. The molecule has 196 valence electrons. The summed E-state index contributed by atoms with van der Waals surface area (Å²) in [6, 6.07) is -0.934. The lowest BCUT2D eigenvalue weighted by molar-refractivity contribution is -0.167. The van der Waals surface area contributed by atoms with E-state index in [0.717, 1.165) is 18.9 Å². The number of carboxylic acid groups (broad SMARTS) is 1. The standard InChI is InChI=1S/C27H35ClN2O6/c1-6-16(2)13-17(3)10-11-19-14-20-21(15-30(19)12-8-7-9-22(29)26(34)35)24(32)27(5,36-18(4)31)25(33)23(20)28/h10-11,13-16,22H,6-9,12,29H2,1-5H3,(H,34,35). The first-order valence-electron chi connectivity index (χ1n) is 12.1. The van der Waals surface area contributed by atoms with Crippen LogP contribution >= 0.6 is 11.6 Å². The highest BCUT2D eigenvalue weighted by Gasteiger charge is 2.52. The number of carbonyl (C=O) groups excluding carboxylic acids is 3. The number of hydrogen-bond acceptors (Lipinski definition) is 7. The van der Waals surface area contributed by atoms with Crippen LogP contribution in [-0.4, -0.2) is 51.7 Å². The molecule has 2 aliphatic rings. The Bertz CT molecular complexity index is 1080. The molecule has 3 unspecified atom stereocenters. The van der Waals surface area contributed by atoms with Crippen LogP contribution < -0.4 is 5.73 Å². The lowest BCUT2D eigenvalue weighted by atomic mass is 9.79. The highest BCUT2D eigenvalue weighted by Crippen LogP contribution is 2.39. The quantitative estimate of drug-likeness (QED) is 0.180. The van der Waals surface area contributed by atoms with Crippen molar-refractivity contribution in [3.63, 3.8) is 0 Å². The molecular weight excluding hydrogens is 484 g/mol. The SMILES string of the molecule is CCC(C)C=C(C)C=CC1=CC2=C(Cl)C(=O)C(C)(OC(C)=O)C(=O)C2=CN1CCCCC(N)C(=O)O. The van der Waals surface area contributed by atoms with Crippen molar-refractivity contribution < 1.29 is 29.0 Å². The molecule has 8 nitrogen and oxygen atoms in total. The fourth-order valence-corrected chi connectivity index (χ4v) is 4.33. The topological polar surface area (TPSA) is 127 Å². The molecule has 0 aromatic heterocycles. The normalized spacial score (nSPS) is 22.3. The van der Waals surface area contributed by atoms with Gasteiger partial charge in [0, 0.05) is 36.5 Å². The molecule has 0 bridgehead atoms. The smallest absolute Gasteiger partial charge is 0.320 e. The average molecular weight is 519 g/mol. The number of fused-ring (bicyclic) bond motifs is 1. The Balaban J connectivity index is 2.44. The first kappa shape index (κ1) is 29.3. The molecule has 1 heterocycles. The molecule has 0 aromatic carbocycles. The Kier molecular flexibility index (Phi) is 10.0. The van der Waals surface area contributed by atoms with Crippen LogP contribution in [0.1, 0.15) is 60.3 Å². The minimum atomic E-state index is -2.03. The molecule has 3 N–H and O–H groups in total. The fourth-order valence-electron chi connectivity index (χ4n) is 3.99. The van der Waals surface area contributed by atoms with Gasteiger partial charge in [-0.25, -0.2) is 0 Å². The van der Waals surface area contributed by atoms with Gasteiger partial charge in [-0.15, -0.1) is 0 Å². The van der Waals surface area contributed by atoms with Crippen LogP contribution in [0.15, 0.2) is 58.0 Å². The van der Waals surface area contributed by atoms with Gasteiger partial charge in [0.25, 0.3) is 0 Å². The maximum atomic E-state index is 13.3. The van der Waals surface area contributed by atoms with E-state index in [1.807, 2.05) is 24.0 Å². The number of esters is 1. The summed E-state index contributed by atoms with van der Waals surface area (Å²) in [5, 5.41) is 8.83. The first-order chi connectivity index (χ1) is 16.8. The average Bonchev–Trinajstić information content (AvgIpc) is 2.82. The zero-order chi connectivity index (χ0) is 27.2. The zero-order valence-electron chi connectivity index (χ0n) is 21.5. The summed E-state index contributed by atoms with van der Waals surface area (Å²) in [5.74, 6) is -2.81. The number of allylic oxidation sites excluding steroid dienone is 6. The van der Waals surface area contributed by atoms with Crippen LogP contribution in [0, 0.1) is 5.92 Å². The van der Waals surface area contributed by atoms with Crippen molar-refractivity contribution in [1.29, 1.82) is 0 Å². The van der Waals surface area contributed by atoms with Crippen molar-refractivity contribution in [2.45, 2.75) is 71.9 Å². The number of aliphatic carboxylic acids is 1. The number of Topliss-reactive ketones (excluding diaryl/α,β-unsaturated/α-hetero) is 2. The third kappa shape index (κ3) is 6.83. The molecule has 0 radical (unpaired) electrons. The van der Waals surface area contributed by atoms with Crippen LogP contribution in [-0.2, 0) is 23.9 Å². The van der Waals surface area contributed by atoms with Gasteiger partial charge >= 0.3 is 11.9 Å². The Morgan fingerprint density at radius 2 is 1.92 bits per heavy atom. The lowest BCUT2D eigenvalue weighted by Crippen LogP contribution is -2.52. The largest absolute Gasteiger partial charge is 0.480 e. The maximum absolute atomic E-state index is 13.3. The van der Waals surface area contributed by atoms with E-state index >= 15 is 0 Å². The molecule has 2 rings (SSSR count). The Morgan fingerprint density at radius 1 is 1.25 bits per heavy atom. The van der Waals surface area contributed by atoms with E-state index < -0.39 is 35.1 Å². The van der Waals surface area contributed by atoms with Gasteiger partial charge in [0.2, 0.25) is 17.2 Å². The van der Waals surface area contributed by atoms with Crippen LogP contribution in [0.4, 0.5) is 0 Å². The summed E-state index contributed by atoms with van der Waals surface area (Å²) in [4.78, 5) is 50.7. The van der Waals surface area contributed by atoms with Gasteiger partial charge in [-0.05, 0) is 51.2 Å². The van der Waals surface area contributed by atoms with Gasteiger partial charge in [0.15, 0.2) is 0 Å².